The number of nitrogens with one attached hydrogen (secondary N) is 1. The maximum Gasteiger partial charge on any atom is 0.325 e. The van der Waals surface area contributed by atoms with E-state index < -0.39 is 0 Å². The summed E-state index contributed by atoms with van der Waals surface area (Å²) in [5, 5.41) is 2.84. The second-order valence-electron chi connectivity index (χ2n) is 11.9. The highest BCUT2D eigenvalue weighted by Gasteiger charge is 2.51. The van der Waals surface area contributed by atoms with Crippen molar-refractivity contribution in [2.24, 2.45) is 23.2 Å². The molecule has 1 N–H and O–H groups in total. The first-order valence-corrected chi connectivity index (χ1v) is 12.1. The van der Waals surface area contributed by atoms with E-state index in [0.717, 1.165) is 34.4 Å². The summed E-state index contributed by atoms with van der Waals surface area (Å²) in [7, 11) is 0. The Hall–Kier alpha value is -1.84. The molecule has 4 bridgehead atoms. The van der Waals surface area contributed by atoms with E-state index in [9.17, 15) is 9.59 Å². The zero-order valence-electron chi connectivity index (χ0n) is 20.0. The summed E-state index contributed by atoms with van der Waals surface area (Å²) in [6, 6.07) is 4.37. The van der Waals surface area contributed by atoms with Crippen molar-refractivity contribution in [1.29, 1.82) is 0 Å². The van der Waals surface area contributed by atoms with E-state index in [1.54, 1.807) is 0 Å². The first-order valence-electron chi connectivity index (χ1n) is 12.1. The third-order valence-electron chi connectivity index (χ3n) is 8.07. The van der Waals surface area contributed by atoms with Crippen molar-refractivity contribution in [2.45, 2.75) is 91.6 Å². The van der Waals surface area contributed by atoms with E-state index in [1.165, 1.54) is 44.1 Å². The Morgan fingerprint density at radius 1 is 1.00 bits per heavy atom. The zero-order valence-corrected chi connectivity index (χ0v) is 20.0. The van der Waals surface area contributed by atoms with Gasteiger partial charge in [0.05, 0.1) is 0 Å². The van der Waals surface area contributed by atoms with Crippen molar-refractivity contribution in [3.8, 4) is 0 Å². The first-order chi connectivity index (χ1) is 14.5. The number of esters is 1. The topological polar surface area (TPSA) is 55.4 Å². The molecule has 4 nitrogen and oxygen atoms in total. The standard InChI is InChI=1S/C27H39NO3/c1-17-6-22(26(3,4)5)7-18(2)23(17)16-31-25(30)15-28-24(29)14-27-11-19-8-20(12-27)10-21(9-19)13-27/h6-7,19-21H,8-16H2,1-5H3,(H,28,29). The number of aryl methyl sites for hydroxylation is 2. The lowest BCUT2D eigenvalue weighted by Crippen LogP contribution is -2.48. The van der Waals surface area contributed by atoms with E-state index in [4.69, 9.17) is 4.74 Å². The molecule has 0 atom stereocenters. The van der Waals surface area contributed by atoms with E-state index in [0.29, 0.717) is 6.42 Å². The van der Waals surface area contributed by atoms with E-state index in [2.05, 4.69) is 52.1 Å². The summed E-state index contributed by atoms with van der Waals surface area (Å²) in [5.74, 6) is 2.15. The van der Waals surface area contributed by atoms with Gasteiger partial charge in [-0.3, -0.25) is 9.59 Å². The summed E-state index contributed by atoms with van der Waals surface area (Å²) in [5.41, 5.74) is 4.92. The minimum atomic E-state index is -0.363. The van der Waals surface area contributed by atoms with Gasteiger partial charge in [0.25, 0.3) is 0 Å². The lowest BCUT2D eigenvalue weighted by molar-refractivity contribution is -0.146. The maximum atomic E-state index is 12.6. The Balaban J connectivity index is 1.26. The molecule has 0 unspecified atom stereocenters. The highest BCUT2D eigenvalue weighted by Crippen LogP contribution is 2.61. The summed E-state index contributed by atoms with van der Waals surface area (Å²) >= 11 is 0. The highest BCUT2D eigenvalue weighted by molar-refractivity contribution is 5.82. The van der Waals surface area contributed by atoms with Gasteiger partial charge in [-0.2, -0.15) is 0 Å². The van der Waals surface area contributed by atoms with Crippen LogP contribution in [0.3, 0.4) is 0 Å². The number of carbonyl (C=O) groups excluding carboxylic acids is 2. The fourth-order valence-corrected chi connectivity index (χ4v) is 6.94. The average Bonchev–Trinajstić information content (AvgIpc) is 2.63. The van der Waals surface area contributed by atoms with Crippen molar-refractivity contribution in [2.75, 3.05) is 6.54 Å². The Morgan fingerprint density at radius 2 is 1.52 bits per heavy atom. The summed E-state index contributed by atoms with van der Waals surface area (Å²) in [6.07, 6.45) is 8.34. The Bertz CT molecular complexity index is 805. The summed E-state index contributed by atoms with van der Waals surface area (Å²) < 4.78 is 5.51. The highest BCUT2D eigenvalue weighted by atomic mass is 16.5. The smallest absolute Gasteiger partial charge is 0.325 e. The van der Waals surface area contributed by atoms with Crippen LogP contribution in [-0.2, 0) is 26.3 Å². The van der Waals surface area contributed by atoms with Crippen molar-refractivity contribution in [3.63, 3.8) is 0 Å². The van der Waals surface area contributed by atoms with Crippen molar-refractivity contribution >= 4 is 11.9 Å². The van der Waals surface area contributed by atoms with Crippen LogP contribution in [0.1, 0.15) is 88.0 Å². The molecule has 1 amide bonds. The third kappa shape index (κ3) is 4.99. The maximum absolute atomic E-state index is 12.6. The molecule has 4 saturated carbocycles. The van der Waals surface area contributed by atoms with Gasteiger partial charge in [0.2, 0.25) is 5.91 Å². The van der Waals surface area contributed by atoms with Gasteiger partial charge in [-0.15, -0.1) is 0 Å². The number of rotatable bonds is 6. The largest absolute Gasteiger partial charge is 0.459 e. The normalized spacial score (nSPS) is 29.1. The van der Waals surface area contributed by atoms with E-state index in [1.807, 2.05) is 0 Å². The zero-order chi connectivity index (χ0) is 22.4. The van der Waals surface area contributed by atoms with Crippen LogP contribution < -0.4 is 5.32 Å². The monoisotopic (exact) mass is 425 g/mol. The van der Waals surface area contributed by atoms with Crippen LogP contribution in [0.25, 0.3) is 0 Å². The number of hydrogen-bond acceptors (Lipinski definition) is 3. The Labute approximate surface area is 187 Å². The van der Waals surface area contributed by atoms with Gasteiger partial charge in [0.1, 0.15) is 13.2 Å². The van der Waals surface area contributed by atoms with Gasteiger partial charge in [-0.1, -0.05) is 32.9 Å². The molecular weight excluding hydrogens is 386 g/mol. The molecule has 0 aromatic heterocycles. The molecule has 4 heteroatoms. The van der Waals surface area contributed by atoms with Gasteiger partial charge in [0.15, 0.2) is 0 Å². The SMILES string of the molecule is Cc1cc(C(C)(C)C)cc(C)c1COC(=O)CNC(=O)CC12CC3CC(CC(C3)C1)C2. The van der Waals surface area contributed by atoms with Crippen LogP contribution in [0, 0.1) is 37.0 Å². The molecule has 0 heterocycles. The molecule has 4 aliphatic carbocycles. The number of ether oxygens (including phenoxy) is 1. The van der Waals surface area contributed by atoms with Crippen LogP contribution >= 0.6 is 0 Å². The minimum Gasteiger partial charge on any atom is -0.459 e. The third-order valence-corrected chi connectivity index (χ3v) is 8.07. The van der Waals surface area contributed by atoms with Gasteiger partial charge in [0, 0.05) is 6.42 Å². The van der Waals surface area contributed by atoms with Gasteiger partial charge in [-0.05, 0) is 103 Å². The van der Waals surface area contributed by atoms with Gasteiger partial charge < -0.3 is 10.1 Å². The average molecular weight is 426 g/mol. The second-order valence-corrected chi connectivity index (χ2v) is 11.9. The quantitative estimate of drug-likeness (QED) is 0.624. The van der Waals surface area contributed by atoms with Crippen LogP contribution in [0.5, 0.6) is 0 Å². The predicted molar refractivity (Wildman–Crippen MR) is 123 cm³/mol. The Kier molecular flexibility index (Phi) is 5.95. The van der Waals surface area contributed by atoms with Crippen LogP contribution in [-0.4, -0.2) is 18.4 Å². The molecule has 0 aliphatic heterocycles. The van der Waals surface area contributed by atoms with Gasteiger partial charge >= 0.3 is 5.97 Å². The number of benzene rings is 1. The number of carbonyl (C=O) groups is 2. The predicted octanol–water partition coefficient (Wildman–Crippen LogP) is 5.37. The molecule has 5 rings (SSSR count). The molecule has 170 valence electrons. The van der Waals surface area contributed by atoms with Crippen LogP contribution in [0.4, 0.5) is 0 Å². The van der Waals surface area contributed by atoms with E-state index >= 15 is 0 Å². The molecule has 0 spiro atoms. The fourth-order valence-electron chi connectivity index (χ4n) is 6.94. The van der Waals surface area contributed by atoms with E-state index in [-0.39, 0.29) is 35.9 Å². The lowest BCUT2D eigenvalue weighted by atomic mass is 9.49. The van der Waals surface area contributed by atoms with Crippen molar-refractivity contribution < 1.29 is 14.3 Å². The molecule has 4 fully saturated rings. The molecule has 1 aromatic rings. The lowest BCUT2D eigenvalue weighted by Gasteiger charge is -2.56. The fraction of sp³-hybridized carbons (Fsp3) is 0.704. The van der Waals surface area contributed by atoms with Crippen LogP contribution in [0.2, 0.25) is 0 Å². The Morgan fingerprint density at radius 3 is 2.00 bits per heavy atom. The van der Waals surface area contributed by atoms with Crippen LogP contribution in [0.15, 0.2) is 12.1 Å². The molecule has 4 aliphatic rings. The van der Waals surface area contributed by atoms with Gasteiger partial charge in [-0.25, -0.2) is 0 Å². The summed E-state index contributed by atoms with van der Waals surface area (Å²) in [6.45, 7) is 11.0. The molecule has 0 saturated heterocycles. The number of hydrogen-bond donors (Lipinski definition) is 1. The van der Waals surface area contributed by atoms with Crippen molar-refractivity contribution in [3.05, 3.63) is 34.4 Å². The number of amides is 1. The molecule has 1 aromatic carbocycles. The summed E-state index contributed by atoms with van der Waals surface area (Å²) in [4.78, 5) is 24.9. The first kappa shape index (κ1) is 22.4. The van der Waals surface area contributed by atoms with Crippen molar-refractivity contribution in [1.82, 2.24) is 5.32 Å². The minimum absolute atomic E-state index is 0.0146. The molecule has 0 radical (unpaired) electrons. The molecule has 31 heavy (non-hydrogen) atoms. The second kappa shape index (κ2) is 8.26. The molecular formula is C27H39NO3.